The molecule has 0 amide bonds. The van der Waals surface area contributed by atoms with Crippen LogP contribution in [0.1, 0.15) is 16.8 Å². The zero-order chi connectivity index (χ0) is 15.7. The second-order valence-electron chi connectivity index (χ2n) is 5.26. The van der Waals surface area contributed by atoms with Gasteiger partial charge in [0.25, 0.3) is 0 Å². The van der Waals surface area contributed by atoms with Gasteiger partial charge in [0, 0.05) is 34.2 Å². The molecule has 22 heavy (non-hydrogen) atoms. The molecule has 0 aliphatic carbocycles. The molecular weight excluding hydrogens is 292 g/mol. The van der Waals surface area contributed by atoms with E-state index in [0.29, 0.717) is 10.6 Å². The third-order valence-electron chi connectivity index (χ3n) is 3.99. The summed E-state index contributed by atoms with van der Waals surface area (Å²) in [5.74, 6) is 0. The lowest BCUT2D eigenvalue weighted by atomic mass is 10.0. The van der Waals surface area contributed by atoms with E-state index >= 15 is 0 Å². The Hall–Kier alpha value is -2.50. The predicted octanol–water partition coefficient (Wildman–Crippen LogP) is 5.20. The molecule has 0 radical (unpaired) electrons. The van der Waals surface area contributed by atoms with E-state index in [1.165, 1.54) is 0 Å². The first-order valence-electron chi connectivity index (χ1n) is 7.03. The van der Waals surface area contributed by atoms with Crippen LogP contribution in [-0.4, -0.2) is 4.57 Å². The summed E-state index contributed by atoms with van der Waals surface area (Å²) in [6.45, 7) is 2.07. The highest BCUT2D eigenvalue weighted by molar-refractivity contribution is 6.30. The van der Waals surface area contributed by atoms with Gasteiger partial charge in [0.05, 0.1) is 11.6 Å². The van der Waals surface area contributed by atoms with E-state index in [2.05, 4.69) is 29.7 Å². The molecule has 0 fully saturated rings. The molecule has 0 aliphatic rings. The van der Waals surface area contributed by atoms with Crippen molar-refractivity contribution in [2.24, 2.45) is 7.05 Å². The summed E-state index contributed by atoms with van der Waals surface area (Å²) < 4.78 is 2.15. The van der Waals surface area contributed by atoms with Crippen LogP contribution in [0.25, 0.3) is 22.6 Å². The van der Waals surface area contributed by atoms with Crippen LogP contribution in [0.4, 0.5) is 0 Å². The number of rotatable bonds is 2. The number of allylic oxidation sites excluding steroid dienone is 1. The minimum Gasteiger partial charge on any atom is -0.347 e. The first-order chi connectivity index (χ1) is 10.6. The maximum atomic E-state index is 9.53. The highest BCUT2D eigenvalue weighted by Crippen LogP contribution is 2.29. The molecule has 3 aromatic rings. The first kappa shape index (κ1) is 14.4. The third-order valence-corrected chi connectivity index (χ3v) is 4.23. The summed E-state index contributed by atoms with van der Waals surface area (Å²) in [6, 6.07) is 17.9. The SMILES string of the molecule is Cc1c(/C=C(\C#N)c2cccc(Cl)c2)c2ccccc2n1C. The standard InChI is InChI=1S/C19H15ClN2/c1-13-18(17-8-3-4-9-19(17)22(13)2)11-15(12-21)14-6-5-7-16(20)10-14/h3-11H,1-2H3/b15-11+. The smallest absolute Gasteiger partial charge is 0.0998 e. The van der Waals surface area contributed by atoms with Crippen molar-refractivity contribution in [3.8, 4) is 6.07 Å². The fraction of sp³-hybridized carbons (Fsp3) is 0.105. The highest BCUT2D eigenvalue weighted by atomic mass is 35.5. The Labute approximate surface area is 134 Å². The minimum atomic E-state index is 0.613. The molecule has 0 saturated heterocycles. The Morgan fingerprint density at radius 2 is 1.95 bits per heavy atom. The van der Waals surface area contributed by atoms with Crippen molar-refractivity contribution < 1.29 is 0 Å². The Morgan fingerprint density at radius 1 is 1.18 bits per heavy atom. The molecule has 0 bridgehead atoms. The van der Waals surface area contributed by atoms with E-state index in [-0.39, 0.29) is 0 Å². The normalized spacial score (nSPS) is 11.6. The van der Waals surface area contributed by atoms with Crippen LogP contribution in [0.3, 0.4) is 0 Å². The largest absolute Gasteiger partial charge is 0.347 e. The zero-order valence-electron chi connectivity index (χ0n) is 12.5. The van der Waals surface area contributed by atoms with E-state index in [9.17, 15) is 5.26 Å². The van der Waals surface area contributed by atoms with Gasteiger partial charge < -0.3 is 4.57 Å². The quantitative estimate of drug-likeness (QED) is 0.598. The molecule has 0 aliphatic heterocycles. The molecule has 1 heterocycles. The molecule has 2 nitrogen and oxygen atoms in total. The lowest BCUT2D eigenvalue weighted by molar-refractivity contribution is 0.916. The fourth-order valence-corrected chi connectivity index (χ4v) is 2.90. The fourth-order valence-electron chi connectivity index (χ4n) is 2.71. The van der Waals surface area contributed by atoms with Crippen LogP contribution >= 0.6 is 11.6 Å². The van der Waals surface area contributed by atoms with Crippen molar-refractivity contribution in [2.75, 3.05) is 0 Å². The van der Waals surface area contributed by atoms with Crippen LogP contribution in [-0.2, 0) is 7.05 Å². The Morgan fingerprint density at radius 3 is 2.68 bits per heavy atom. The molecule has 0 atom stereocenters. The van der Waals surface area contributed by atoms with E-state index in [1.807, 2.05) is 49.5 Å². The van der Waals surface area contributed by atoms with Gasteiger partial charge in [-0.3, -0.25) is 0 Å². The van der Waals surface area contributed by atoms with Crippen molar-refractivity contribution in [2.45, 2.75) is 6.92 Å². The molecule has 0 saturated carbocycles. The highest BCUT2D eigenvalue weighted by Gasteiger charge is 2.11. The van der Waals surface area contributed by atoms with Gasteiger partial charge in [0.1, 0.15) is 0 Å². The van der Waals surface area contributed by atoms with Crippen molar-refractivity contribution in [3.63, 3.8) is 0 Å². The number of nitriles is 1. The molecule has 108 valence electrons. The van der Waals surface area contributed by atoms with E-state index in [0.717, 1.165) is 27.7 Å². The van der Waals surface area contributed by atoms with Crippen LogP contribution in [0, 0.1) is 18.3 Å². The van der Waals surface area contributed by atoms with Crippen molar-refractivity contribution in [1.29, 1.82) is 5.26 Å². The number of nitrogens with zero attached hydrogens (tertiary/aromatic N) is 2. The van der Waals surface area contributed by atoms with Crippen LogP contribution in [0.5, 0.6) is 0 Å². The van der Waals surface area contributed by atoms with E-state index in [4.69, 9.17) is 11.6 Å². The lowest BCUT2D eigenvalue weighted by Crippen LogP contribution is -1.90. The number of hydrogen-bond acceptors (Lipinski definition) is 1. The van der Waals surface area contributed by atoms with Crippen molar-refractivity contribution in [3.05, 3.63) is 70.4 Å². The van der Waals surface area contributed by atoms with Gasteiger partial charge in [-0.25, -0.2) is 0 Å². The summed E-state index contributed by atoms with van der Waals surface area (Å²) in [5.41, 5.74) is 4.82. The third kappa shape index (κ3) is 2.41. The van der Waals surface area contributed by atoms with Crippen LogP contribution < -0.4 is 0 Å². The number of para-hydroxylation sites is 1. The van der Waals surface area contributed by atoms with E-state index in [1.54, 1.807) is 0 Å². The summed E-state index contributed by atoms with van der Waals surface area (Å²) in [5, 5.41) is 11.3. The average molecular weight is 307 g/mol. The minimum absolute atomic E-state index is 0.613. The topological polar surface area (TPSA) is 28.7 Å². The van der Waals surface area contributed by atoms with Gasteiger partial charge in [-0.1, -0.05) is 41.9 Å². The molecular formula is C19H15ClN2. The second-order valence-corrected chi connectivity index (χ2v) is 5.69. The van der Waals surface area contributed by atoms with Gasteiger partial charge in [-0.05, 0) is 36.8 Å². The van der Waals surface area contributed by atoms with E-state index < -0.39 is 0 Å². The summed E-state index contributed by atoms with van der Waals surface area (Å²) >= 11 is 6.04. The molecule has 2 aromatic carbocycles. The number of fused-ring (bicyclic) bond motifs is 1. The molecule has 1 aromatic heterocycles. The zero-order valence-corrected chi connectivity index (χ0v) is 13.2. The summed E-state index contributed by atoms with van der Waals surface area (Å²) in [7, 11) is 2.04. The number of aromatic nitrogens is 1. The second kappa shape index (κ2) is 5.71. The van der Waals surface area contributed by atoms with Gasteiger partial charge in [0.2, 0.25) is 0 Å². The number of halogens is 1. The molecule has 0 unspecified atom stereocenters. The molecule has 3 rings (SSSR count). The maximum absolute atomic E-state index is 9.53. The Bertz CT molecular complexity index is 926. The van der Waals surface area contributed by atoms with Crippen LogP contribution in [0.15, 0.2) is 48.5 Å². The van der Waals surface area contributed by atoms with Gasteiger partial charge in [0.15, 0.2) is 0 Å². The van der Waals surface area contributed by atoms with Crippen molar-refractivity contribution >= 4 is 34.2 Å². The Kier molecular flexibility index (Phi) is 3.75. The number of benzene rings is 2. The monoisotopic (exact) mass is 306 g/mol. The molecule has 0 N–H and O–H groups in total. The lowest BCUT2D eigenvalue weighted by Gasteiger charge is -2.01. The number of hydrogen-bond donors (Lipinski definition) is 0. The average Bonchev–Trinajstić information content (AvgIpc) is 2.77. The van der Waals surface area contributed by atoms with Gasteiger partial charge in [-0.2, -0.15) is 5.26 Å². The van der Waals surface area contributed by atoms with Crippen LogP contribution in [0.2, 0.25) is 5.02 Å². The van der Waals surface area contributed by atoms with Gasteiger partial charge in [-0.15, -0.1) is 0 Å². The molecule has 3 heteroatoms. The molecule has 0 spiro atoms. The van der Waals surface area contributed by atoms with Crippen molar-refractivity contribution in [1.82, 2.24) is 4.57 Å². The maximum Gasteiger partial charge on any atom is 0.0998 e. The number of aryl methyl sites for hydroxylation is 1. The first-order valence-corrected chi connectivity index (χ1v) is 7.41. The predicted molar refractivity (Wildman–Crippen MR) is 92.6 cm³/mol. The van der Waals surface area contributed by atoms with Gasteiger partial charge >= 0.3 is 0 Å². The Balaban J connectivity index is 2.23. The summed E-state index contributed by atoms with van der Waals surface area (Å²) in [6.07, 6.45) is 1.95. The summed E-state index contributed by atoms with van der Waals surface area (Å²) in [4.78, 5) is 0.